The Morgan fingerprint density at radius 3 is 2.21 bits per heavy atom. The van der Waals surface area contributed by atoms with Gasteiger partial charge in [0.2, 0.25) is 11.1 Å². The van der Waals surface area contributed by atoms with Gasteiger partial charge >= 0.3 is 12.2 Å². The second-order valence-electron chi connectivity index (χ2n) is 8.58. The van der Waals surface area contributed by atoms with E-state index in [1.54, 1.807) is 0 Å². The normalized spacial score (nSPS) is 31.5. The third-order valence-electron chi connectivity index (χ3n) is 6.22. The largest absolute Gasteiger partial charge is 0.453 e. The zero-order valence-electron chi connectivity index (χ0n) is 15.8. The zero-order chi connectivity index (χ0) is 21.0. The molecule has 0 unspecified atom stereocenters. The molecule has 1 aromatic heterocycles. The van der Waals surface area contributed by atoms with E-state index in [0.29, 0.717) is 34.2 Å². The highest BCUT2D eigenvalue weighted by Crippen LogP contribution is 2.55. The first-order valence-electron chi connectivity index (χ1n) is 9.62. The molecule has 12 heteroatoms. The first-order chi connectivity index (χ1) is 13.5. The molecule has 0 aliphatic heterocycles. The molecule has 0 radical (unpaired) electrons. The molecule has 4 saturated carbocycles. The first kappa shape index (κ1) is 20.3. The first-order valence-corrected chi connectivity index (χ1v) is 10.5. The Bertz CT molecular complexity index is 791. The molecule has 29 heavy (non-hydrogen) atoms. The van der Waals surface area contributed by atoms with Crippen molar-refractivity contribution in [3.63, 3.8) is 0 Å². The number of halogens is 3. The molecule has 0 saturated heterocycles. The number of carbonyl (C=O) groups excluding carboxylic acids is 2. The Hall–Kier alpha value is -1.98. The highest BCUT2D eigenvalue weighted by molar-refractivity contribution is 8.00. The molecule has 4 bridgehead atoms. The van der Waals surface area contributed by atoms with E-state index in [1.807, 2.05) is 0 Å². The van der Waals surface area contributed by atoms with E-state index < -0.39 is 29.2 Å². The molecular weight excluding hydrogens is 409 g/mol. The Labute approximate surface area is 169 Å². The molecule has 3 amide bonds. The second-order valence-corrected chi connectivity index (χ2v) is 9.88. The SMILES string of the molecule is C[C@H](Sc1nnc(C(F)(F)F)n1N)C(=O)NC(=O)NC12CC3CC(CC(C3)C1)C2. The fourth-order valence-corrected chi connectivity index (χ4v) is 6.28. The van der Waals surface area contributed by atoms with Crippen LogP contribution in [0.3, 0.4) is 0 Å². The van der Waals surface area contributed by atoms with Crippen molar-refractivity contribution < 1.29 is 22.8 Å². The summed E-state index contributed by atoms with van der Waals surface area (Å²) in [5, 5.41) is 10.6. The number of amides is 3. The minimum Gasteiger partial charge on any atom is -0.335 e. The molecule has 4 N–H and O–H groups in total. The number of thioether (sulfide) groups is 1. The van der Waals surface area contributed by atoms with Crippen LogP contribution in [0, 0.1) is 17.8 Å². The number of urea groups is 1. The number of rotatable bonds is 4. The van der Waals surface area contributed by atoms with Crippen LogP contribution < -0.4 is 16.5 Å². The molecule has 0 aromatic carbocycles. The highest BCUT2D eigenvalue weighted by Gasteiger charge is 2.51. The number of alkyl halides is 3. The zero-order valence-corrected chi connectivity index (χ0v) is 16.6. The molecule has 8 nitrogen and oxygen atoms in total. The summed E-state index contributed by atoms with van der Waals surface area (Å²) in [5.74, 6) is 5.32. The van der Waals surface area contributed by atoms with Gasteiger partial charge in [-0.15, -0.1) is 10.2 Å². The van der Waals surface area contributed by atoms with Gasteiger partial charge in [-0.25, -0.2) is 9.47 Å². The van der Waals surface area contributed by atoms with Crippen LogP contribution in [0.5, 0.6) is 0 Å². The molecule has 1 heterocycles. The van der Waals surface area contributed by atoms with Gasteiger partial charge in [0.15, 0.2) is 0 Å². The third-order valence-corrected chi connectivity index (χ3v) is 7.28. The molecule has 4 aliphatic rings. The van der Waals surface area contributed by atoms with Gasteiger partial charge in [0.25, 0.3) is 5.82 Å². The van der Waals surface area contributed by atoms with Crippen LogP contribution in [-0.2, 0) is 11.0 Å². The predicted octanol–water partition coefficient (Wildman–Crippen LogP) is 2.29. The predicted molar refractivity (Wildman–Crippen MR) is 98.1 cm³/mol. The van der Waals surface area contributed by atoms with Gasteiger partial charge in [0.1, 0.15) is 0 Å². The number of carbonyl (C=O) groups is 2. The number of aromatic nitrogens is 3. The highest BCUT2D eigenvalue weighted by atomic mass is 32.2. The van der Waals surface area contributed by atoms with E-state index in [4.69, 9.17) is 5.84 Å². The topological polar surface area (TPSA) is 115 Å². The Morgan fingerprint density at radius 1 is 1.17 bits per heavy atom. The van der Waals surface area contributed by atoms with Gasteiger partial charge in [0, 0.05) is 5.54 Å². The molecule has 1 atom stereocenters. The fraction of sp³-hybridized carbons (Fsp3) is 0.765. The van der Waals surface area contributed by atoms with Crippen LogP contribution in [0.25, 0.3) is 0 Å². The lowest BCUT2D eigenvalue weighted by atomic mass is 9.53. The molecule has 4 aliphatic carbocycles. The molecular formula is C17H23F3N6O2S. The summed E-state index contributed by atoms with van der Waals surface area (Å²) < 4.78 is 38.5. The van der Waals surface area contributed by atoms with Crippen molar-refractivity contribution in [2.75, 3.05) is 5.84 Å². The van der Waals surface area contributed by atoms with Crippen molar-refractivity contribution in [1.29, 1.82) is 0 Å². The van der Waals surface area contributed by atoms with Gasteiger partial charge in [0.05, 0.1) is 5.25 Å². The summed E-state index contributed by atoms with van der Waals surface area (Å²) in [6.07, 6.45) is 1.78. The summed E-state index contributed by atoms with van der Waals surface area (Å²) in [4.78, 5) is 24.8. The van der Waals surface area contributed by atoms with Gasteiger partial charge in [-0.1, -0.05) is 11.8 Å². The lowest BCUT2D eigenvalue weighted by molar-refractivity contribution is -0.146. The summed E-state index contributed by atoms with van der Waals surface area (Å²) >= 11 is 0.699. The standard InChI is InChI=1S/C17H23F3N6O2S/c1-8(29-15-25-24-13(26(15)21)17(18,19)20)12(27)22-14(28)23-16-5-9-2-10(6-16)4-11(3-9)7-16/h8-11H,2-7,21H2,1H3,(H2,22,23,27,28)/t8-,9?,10?,11?,16?/m0/s1. The van der Waals surface area contributed by atoms with E-state index in [9.17, 15) is 22.8 Å². The lowest BCUT2D eigenvalue weighted by Gasteiger charge is -2.56. The third kappa shape index (κ3) is 4.03. The molecule has 0 spiro atoms. The average molecular weight is 432 g/mol. The van der Waals surface area contributed by atoms with E-state index in [0.717, 1.165) is 19.3 Å². The maximum absolute atomic E-state index is 12.7. The van der Waals surface area contributed by atoms with Crippen molar-refractivity contribution in [3.8, 4) is 0 Å². The summed E-state index contributed by atoms with van der Waals surface area (Å²) in [6, 6.07) is -0.561. The summed E-state index contributed by atoms with van der Waals surface area (Å²) in [7, 11) is 0. The van der Waals surface area contributed by atoms with Crippen LogP contribution in [0.2, 0.25) is 0 Å². The number of nitrogen functional groups attached to an aromatic ring is 1. The second kappa shape index (κ2) is 7.06. The number of imide groups is 1. The molecule has 5 rings (SSSR count). The number of hydrogen-bond acceptors (Lipinski definition) is 6. The van der Waals surface area contributed by atoms with Crippen molar-refractivity contribution in [2.45, 2.75) is 67.6 Å². The van der Waals surface area contributed by atoms with Crippen molar-refractivity contribution in [1.82, 2.24) is 25.5 Å². The van der Waals surface area contributed by atoms with Crippen molar-refractivity contribution in [2.24, 2.45) is 17.8 Å². The lowest BCUT2D eigenvalue weighted by Crippen LogP contribution is -2.62. The van der Waals surface area contributed by atoms with Crippen LogP contribution in [-0.4, -0.2) is 37.6 Å². The number of nitrogens with one attached hydrogen (secondary N) is 2. The number of nitrogens with zero attached hydrogens (tertiary/aromatic N) is 3. The van der Waals surface area contributed by atoms with Crippen molar-refractivity contribution >= 4 is 23.7 Å². The van der Waals surface area contributed by atoms with Crippen LogP contribution >= 0.6 is 11.8 Å². The van der Waals surface area contributed by atoms with E-state index in [2.05, 4.69) is 20.8 Å². The maximum atomic E-state index is 12.7. The monoisotopic (exact) mass is 432 g/mol. The maximum Gasteiger partial charge on any atom is 0.453 e. The van der Waals surface area contributed by atoms with E-state index in [-0.39, 0.29) is 10.7 Å². The smallest absolute Gasteiger partial charge is 0.335 e. The van der Waals surface area contributed by atoms with Crippen molar-refractivity contribution in [3.05, 3.63) is 5.82 Å². The number of hydrogen-bond donors (Lipinski definition) is 3. The Morgan fingerprint density at radius 2 is 1.72 bits per heavy atom. The quantitative estimate of drug-likeness (QED) is 0.497. The Balaban J connectivity index is 1.33. The van der Waals surface area contributed by atoms with Crippen LogP contribution in [0.15, 0.2) is 5.16 Å². The molecule has 4 fully saturated rings. The summed E-state index contributed by atoms with van der Waals surface area (Å²) in [5.41, 5.74) is -0.242. The Kier molecular flexibility index (Phi) is 4.94. The minimum atomic E-state index is -4.75. The van der Waals surface area contributed by atoms with Crippen LogP contribution in [0.4, 0.5) is 18.0 Å². The van der Waals surface area contributed by atoms with E-state index >= 15 is 0 Å². The fourth-order valence-electron chi connectivity index (χ4n) is 5.51. The van der Waals surface area contributed by atoms with E-state index in [1.165, 1.54) is 26.2 Å². The molecule has 160 valence electrons. The summed E-state index contributed by atoms with van der Waals surface area (Å²) in [6.45, 7) is 1.46. The van der Waals surface area contributed by atoms with Gasteiger partial charge in [-0.3, -0.25) is 10.1 Å². The minimum absolute atomic E-state index is 0.242. The van der Waals surface area contributed by atoms with Gasteiger partial charge in [-0.05, 0) is 63.2 Å². The van der Waals surface area contributed by atoms with Gasteiger partial charge in [-0.2, -0.15) is 13.2 Å². The average Bonchev–Trinajstić information content (AvgIpc) is 2.93. The number of nitrogens with two attached hydrogens (primary N) is 1. The molecule has 1 aromatic rings. The van der Waals surface area contributed by atoms with Crippen LogP contribution in [0.1, 0.15) is 51.3 Å². The van der Waals surface area contributed by atoms with Gasteiger partial charge < -0.3 is 11.2 Å².